The van der Waals surface area contributed by atoms with Crippen molar-refractivity contribution in [1.29, 1.82) is 0 Å². The number of hydrogen-bond donors (Lipinski definition) is 1. The van der Waals surface area contributed by atoms with Gasteiger partial charge in [0.2, 0.25) is 0 Å². The van der Waals surface area contributed by atoms with Crippen LogP contribution < -0.4 is 5.32 Å². The molecule has 0 saturated heterocycles. The van der Waals surface area contributed by atoms with Crippen LogP contribution in [-0.4, -0.2) is 22.3 Å². The Balaban J connectivity index is 2.89. The molecule has 0 atom stereocenters. The molecule has 88 valence electrons. The summed E-state index contributed by atoms with van der Waals surface area (Å²) < 4.78 is 0. The van der Waals surface area contributed by atoms with Crippen LogP contribution in [0.4, 0.5) is 0 Å². The van der Waals surface area contributed by atoms with Gasteiger partial charge in [-0.05, 0) is 39.8 Å². The number of nitrogens with zero attached hydrogens (tertiary/aromatic N) is 1. The van der Waals surface area contributed by atoms with Crippen LogP contribution in [0, 0.1) is 13.8 Å². The van der Waals surface area contributed by atoms with Crippen molar-refractivity contribution < 1.29 is 4.79 Å². The second-order valence-corrected chi connectivity index (χ2v) is 4.82. The summed E-state index contributed by atoms with van der Waals surface area (Å²) in [6.45, 7) is 7.50. The molecule has 1 rings (SSSR count). The molecule has 0 fully saturated rings. The molecule has 1 heterocycles. The summed E-state index contributed by atoms with van der Waals surface area (Å²) in [5.74, 6) is 0.243. The maximum absolute atomic E-state index is 11.9. The Morgan fingerprint density at radius 2 is 2.06 bits per heavy atom. The van der Waals surface area contributed by atoms with Crippen molar-refractivity contribution in [3.8, 4) is 0 Å². The van der Waals surface area contributed by atoms with Crippen molar-refractivity contribution in [2.75, 3.05) is 5.88 Å². The molecule has 16 heavy (non-hydrogen) atoms. The molecule has 0 aliphatic heterocycles. The molecule has 0 aromatic carbocycles. The molecule has 4 heteroatoms. The minimum Gasteiger partial charge on any atom is -0.346 e. The number of carbonyl (C=O) groups excluding carboxylic acids is 1. The van der Waals surface area contributed by atoms with E-state index in [0.29, 0.717) is 11.4 Å². The highest BCUT2D eigenvalue weighted by Crippen LogP contribution is 2.10. The Kier molecular flexibility index (Phi) is 3.92. The molecule has 0 unspecified atom stereocenters. The van der Waals surface area contributed by atoms with E-state index in [9.17, 15) is 4.79 Å². The van der Waals surface area contributed by atoms with E-state index in [0.717, 1.165) is 11.4 Å². The zero-order valence-electron chi connectivity index (χ0n) is 10.1. The molecule has 0 bridgehead atoms. The summed E-state index contributed by atoms with van der Waals surface area (Å²) in [5, 5.41) is 2.87. The summed E-state index contributed by atoms with van der Waals surface area (Å²) in [7, 11) is 0. The van der Waals surface area contributed by atoms with Gasteiger partial charge in [-0.3, -0.25) is 9.78 Å². The summed E-state index contributed by atoms with van der Waals surface area (Å²) >= 11 is 5.76. The van der Waals surface area contributed by atoms with E-state index in [-0.39, 0.29) is 5.91 Å². The van der Waals surface area contributed by atoms with Crippen LogP contribution in [0.1, 0.15) is 35.6 Å². The Bertz CT molecular complexity index is 402. The Morgan fingerprint density at radius 1 is 1.44 bits per heavy atom. The van der Waals surface area contributed by atoms with Gasteiger partial charge in [-0.1, -0.05) is 0 Å². The topological polar surface area (TPSA) is 42.0 Å². The first-order valence-electron chi connectivity index (χ1n) is 5.18. The fourth-order valence-electron chi connectivity index (χ4n) is 1.33. The number of aromatic nitrogens is 1. The van der Waals surface area contributed by atoms with Crippen LogP contribution in [0.25, 0.3) is 0 Å². The summed E-state index contributed by atoms with van der Waals surface area (Å²) in [4.78, 5) is 16.2. The van der Waals surface area contributed by atoms with Gasteiger partial charge < -0.3 is 5.32 Å². The molecule has 0 radical (unpaired) electrons. The monoisotopic (exact) mass is 240 g/mol. The van der Waals surface area contributed by atoms with Crippen molar-refractivity contribution >= 4 is 17.5 Å². The van der Waals surface area contributed by atoms with Crippen LogP contribution in [0.3, 0.4) is 0 Å². The number of pyridine rings is 1. The summed E-state index contributed by atoms with van der Waals surface area (Å²) in [6, 6.07) is 3.62. The molecule has 3 nitrogen and oxygen atoms in total. The predicted octanol–water partition coefficient (Wildman–Crippen LogP) is 2.45. The fourth-order valence-corrected chi connectivity index (χ4v) is 1.40. The average Bonchev–Trinajstić information content (AvgIpc) is 2.16. The van der Waals surface area contributed by atoms with Gasteiger partial charge in [0.1, 0.15) is 0 Å². The Labute approximate surface area is 101 Å². The van der Waals surface area contributed by atoms with E-state index >= 15 is 0 Å². The third-order valence-electron chi connectivity index (χ3n) is 2.26. The number of carbonyl (C=O) groups is 1. The van der Waals surface area contributed by atoms with E-state index in [2.05, 4.69) is 10.3 Å². The number of halogens is 1. The second-order valence-electron chi connectivity index (χ2n) is 4.56. The molecule has 0 aliphatic rings. The van der Waals surface area contributed by atoms with Gasteiger partial charge in [0, 0.05) is 17.1 Å². The third kappa shape index (κ3) is 3.20. The van der Waals surface area contributed by atoms with Crippen LogP contribution in [0.15, 0.2) is 12.1 Å². The molecular weight excluding hydrogens is 224 g/mol. The van der Waals surface area contributed by atoms with Crippen molar-refractivity contribution in [3.63, 3.8) is 0 Å². The Morgan fingerprint density at radius 3 is 2.56 bits per heavy atom. The van der Waals surface area contributed by atoms with Crippen molar-refractivity contribution in [1.82, 2.24) is 10.3 Å². The normalized spacial score (nSPS) is 11.3. The first-order valence-corrected chi connectivity index (χ1v) is 5.72. The van der Waals surface area contributed by atoms with Crippen molar-refractivity contribution in [2.45, 2.75) is 33.2 Å². The lowest BCUT2D eigenvalue weighted by molar-refractivity contribution is 0.0919. The van der Waals surface area contributed by atoms with Crippen LogP contribution in [0.2, 0.25) is 0 Å². The molecule has 0 aliphatic carbocycles. The minimum atomic E-state index is -0.407. The first-order chi connectivity index (χ1) is 7.35. The maximum atomic E-state index is 11.9. The van der Waals surface area contributed by atoms with Gasteiger partial charge in [-0.15, -0.1) is 11.6 Å². The lowest BCUT2D eigenvalue weighted by Gasteiger charge is -2.23. The zero-order valence-corrected chi connectivity index (χ0v) is 10.9. The van der Waals surface area contributed by atoms with Gasteiger partial charge in [0.15, 0.2) is 0 Å². The molecule has 1 aromatic rings. The highest BCUT2D eigenvalue weighted by Gasteiger charge is 2.21. The zero-order chi connectivity index (χ0) is 12.3. The first kappa shape index (κ1) is 13.0. The lowest BCUT2D eigenvalue weighted by atomic mass is 10.1. The van der Waals surface area contributed by atoms with E-state index in [4.69, 9.17) is 11.6 Å². The number of aryl methyl sites for hydroxylation is 2. The second kappa shape index (κ2) is 4.83. The SMILES string of the molecule is Cc1ccc(C(=O)NC(C)(C)CCl)c(C)n1. The largest absolute Gasteiger partial charge is 0.346 e. The van der Waals surface area contributed by atoms with E-state index < -0.39 is 5.54 Å². The number of alkyl halides is 1. The smallest absolute Gasteiger partial charge is 0.253 e. The molecular formula is C12H17ClN2O. The minimum absolute atomic E-state index is 0.129. The number of amides is 1. The summed E-state index contributed by atoms with van der Waals surface area (Å²) in [6.07, 6.45) is 0. The van der Waals surface area contributed by atoms with E-state index in [1.807, 2.05) is 33.8 Å². The molecule has 1 aromatic heterocycles. The molecule has 1 amide bonds. The van der Waals surface area contributed by atoms with Gasteiger partial charge >= 0.3 is 0 Å². The van der Waals surface area contributed by atoms with Gasteiger partial charge in [-0.2, -0.15) is 0 Å². The highest BCUT2D eigenvalue weighted by molar-refractivity contribution is 6.18. The summed E-state index contributed by atoms with van der Waals surface area (Å²) in [5.41, 5.74) is 1.84. The van der Waals surface area contributed by atoms with Crippen molar-refractivity contribution in [2.24, 2.45) is 0 Å². The predicted molar refractivity (Wildman–Crippen MR) is 66.0 cm³/mol. The molecule has 0 saturated carbocycles. The van der Waals surface area contributed by atoms with Gasteiger partial charge in [-0.25, -0.2) is 0 Å². The van der Waals surface area contributed by atoms with Crippen LogP contribution in [0.5, 0.6) is 0 Å². The van der Waals surface area contributed by atoms with Crippen molar-refractivity contribution in [3.05, 3.63) is 29.1 Å². The highest BCUT2D eigenvalue weighted by atomic mass is 35.5. The molecule has 1 N–H and O–H groups in total. The third-order valence-corrected chi connectivity index (χ3v) is 2.92. The number of hydrogen-bond acceptors (Lipinski definition) is 2. The lowest BCUT2D eigenvalue weighted by Crippen LogP contribution is -2.45. The average molecular weight is 241 g/mol. The van der Waals surface area contributed by atoms with Crippen LogP contribution in [-0.2, 0) is 0 Å². The van der Waals surface area contributed by atoms with E-state index in [1.165, 1.54) is 0 Å². The number of nitrogens with one attached hydrogen (secondary N) is 1. The van der Waals surface area contributed by atoms with Gasteiger partial charge in [0.05, 0.1) is 11.3 Å². The standard InChI is InChI=1S/C12H17ClN2O/c1-8-5-6-10(9(2)14-8)11(16)15-12(3,4)7-13/h5-6H,7H2,1-4H3,(H,15,16). The quantitative estimate of drug-likeness (QED) is 0.825. The number of rotatable bonds is 3. The van der Waals surface area contributed by atoms with Crippen LogP contribution >= 0.6 is 11.6 Å². The fraction of sp³-hybridized carbons (Fsp3) is 0.500. The van der Waals surface area contributed by atoms with Gasteiger partial charge in [0.25, 0.3) is 5.91 Å². The molecule has 0 spiro atoms. The van der Waals surface area contributed by atoms with E-state index in [1.54, 1.807) is 6.07 Å². The Hall–Kier alpha value is -1.09. The maximum Gasteiger partial charge on any atom is 0.253 e.